The Morgan fingerprint density at radius 2 is 2.21 bits per heavy atom. The first kappa shape index (κ1) is 12.7. The Balaban J connectivity index is 1.67. The maximum absolute atomic E-state index is 12.5. The minimum Gasteiger partial charge on any atom is -0.340 e. The molecule has 1 aromatic rings. The van der Waals surface area contributed by atoms with Gasteiger partial charge in [0.25, 0.3) is 0 Å². The number of hydrogen-bond acceptors (Lipinski definition) is 3. The first-order valence-electron chi connectivity index (χ1n) is 6.85. The van der Waals surface area contributed by atoms with Crippen LogP contribution < -0.4 is 0 Å². The molecule has 3 rings (SSSR count). The van der Waals surface area contributed by atoms with Crippen LogP contribution in [0.2, 0.25) is 0 Å². The summed E-state index contributed by atoms with van der Waals surface area (Å²) in [6.45, 7) is 2.07. The van der Waals surface area contributed by atoms with Crippen LogP contribution in [-0.4, -0.2) is 47.3 Å². The lowest BCUT2D eigenvalue weighted by Crippen LogP contribution is -2.44. The van der Waals surface area contributed by atoms with E-state index in [1.165, 1.54) is 5.56 Å². The van der Waals surface area contributed by atoms with E-state index < -0.39 is 0 Å². The Labute approximate surface area is 117 Å². The lowest BCUT2D eigenvalue weighted by atomic mass is 10.2. The maximum Gasteiger partial charge on any atom is 0.245 e. The van der Waals surface area contributed by atoms with E-state index in [0.717, 1.165) is 32.4 Å². The molecule has 102 valence electrons. The molecule has 2 aliphatic heterocycles. The molecule has 19 heavy (non-hydrogen) atoms. The number of amides is 2. The van der Waals surface area contributed by atoms with Crippen molar-refractivity contribution < 1.29 is 9.59 Å². The van der Waals surface area contributed by atoms with Gasteiger partial charge in [0.1, 0.15) is 6.04 Å². The van der Waals surface area contributed by atoms with Gasteiger partial charge in [-0.15, -0.1) is 0 Å². The van der Waals surface area contributed by atoms with Crippen LogP contribution in [0.1, 0.15) is 24.8 Å². The molecule has 3 heterocycles. The highest BCUT2D eigenvalue weighted by Gasteiger charge is 2.38. The lowest BCUT2D eigenvalue weighted by Gasteiger charge is -2.25. The number of hydrogen-bond donors (Lipinski definition) is 0. The van der Waals surface area contributed by atoms with Crippen molar-refractivity contribution in [1.29, 1.82) is 0 Å². The van der Waals surface area contributed by atoms with Crippen molar-refractivity contribution in [3.05, 3.63) is 22.4 Å². The number of carbonyl (C=O) groups is 2. The first-order valence-corrected chi connectivity index (χ1v) is 7.79. The molecule has 2 aliphatic rings. The summed E-state index contributed by atoms with van der Waals surface area (Å²) in [4.78, 5) is 28.1. The minimum atomic E-state index is -0.183. The molecule has 1 aromatic heterocycles. The highest BCUT2D eigenvalue weighted by molar-refractivity contribution is 7.07. The fraction of sp³-hybridized carbons (Fsp3) is 0.571. The van der Waals surface area contributed by atoms with Crippen molar-refractivity contribution in [3.8, 4) is 0 Å². The Morgan fingerprint density at radius 3 is 3.00 bits per heavy atom. The van der Waals surface area contributed by atoms with Crippen LogP contribution >= 0.6 is 11.3 Å². The zero-order valence-electron chi connectivity index (χ0n) is 10.9. The maximum atomic E-state index is 12.5. The average Bonchev–Trinajstić information content (AvgIpc) is 3.07. The fourth-order valence-electron chi connectivity index (χ4n) is 2.94. The van der Waals surface area contributed by atoms with Crippen molar-refractivity contribution in [2.24, 2.45) is 0 Å². The topological polar surface area (TPSA) is 40.6 Å². The van der Waals surface area contributed by atoms with E-state index in [1.54, 1.807) is 16.2 Å². The largest absolute Gasteiger partial charge is 0.340 e. The van der Waals surface area contributed by atoms with Crippen LogP contribution in [0.5, 0.6) is 0 Å². The summed E-state index contributed by atoms with van der Waals surface area (Å²) < 4.78 is 0. The second kappa shape index (κ2) is 5.33. The highest BCUT2D eigenvalue weighted by atomic mass is 32.1. The van der Waals surface area contributed by atoms with Crippen LogP contribution in [0.25, 0.3) is 0 Å². The summed E-state index contributed by atoms with van der Waals surface area (Å²) in [5.41, 5.74) is 1.27. The van der Waals surface area contributed by atoms with Gasteiger partial charge in [0.15, 0.2) is 0 Å². The standard InChI is InChI=1S/C14H18N2O2S/c17-13-4-8-15(7-3-11-5-9-19-10-11)14(18)12-2-1-6-16(12)13/h5,9-10,12H,1-4,6-8H2. The second-order valence-corrected chi connectivity index (χ2v) is 5.98. The van der Waals surface area contributed by atoms with Gasteiger partial charge in [-0.25, -0.2) is 0 Å². The predicted molar refractivity (Wildman–Crippen MR) is 74.0 cm³/mol. The second-order valence-electron chi connectivity index (χ2n) is 5.20. The van der Waals surface area contributed by atoms with Crippen LogP contribution in [0.4, 0.5) is 0 Å². The smallest absolute Gasteiger partial charge is 0.245 e. The van der Waals surface area contributed by atoms with Gasteiger partial charge in [0.2, 0.25) is 11.8 Å². The molecule has 0 radical (unpaired) electrons. The van der Waals surface area contributed by atoms with E-state index in [0.29, 0.717) is 13.0 Å². The molecular formula is C14H18N2O2S. The van der Waals surface area contributed by atoms with Gasteiger partial charge < -0.3 is 9.80 Å². The summed E-state index contributed by atoms with van der Waals surface area (Å²) >= 11 is 1.68. The van der Waals surface area contributed by atoms with E-state index in [2.05, 4.69) is 16.8 Å². The molecule has 0 saturated carbocycles. The third-order valence-corrected chi connectivity index (χ3v) is 4.75. The number of fused-ring (bicyclic) bond motifs is 1. The summed E-state index contributed by atoms with van der Waals surface area (Å²) in [6.07, 6.45) is 3.15. The average molecular weight is 278 g/mol. The summed E-state index contributed by atoms with van der Waals surface area (Å²) in [5, 5.41) is 4.18. The van der Waals surface area contributed by atoms with Crippen LogP contribution in [0.15, 0.2) is 16.8 Å². The van der Waals surface area contributed by atoms with E-state index in [4.69, 9.17) is 0 Å². The molecule has 0 aliphatic carbocycles. The zero-order chi connectivity index (χ0) is 13.2. The van der Waals surface area contributed by atoms with Gasteiger partial charge in [-0.1, -0.05) is 0 Å². The molecule has 1 atom stereocenters. The summed E-state index contributed by atoms with van der Waals surface area (Å²) in [6, 6.07) is 1.91. The number of rotatable bonds is 3. The normalized spacial score (nSPS) is 23.7. The van der Waals surface area contributed by atoms with Gasteiger partial charge >= 0.3 is 0 Å². The van der Waals surface area contributed by atoms with Crippen LogP contribution in [0, 0.1) is 0 Å². The van der Waals surface area contributed by atoms with Gasteiger partial charge in [0, 0.05) is 26.1 Å². The third-order valence-electron chi connectivity index (χ3n) is 4.02. The Kier molecular flexibility index (Phi) is 3.55. The first-order chi connectivity index (χ1) is 9.25. The van der Waals surface area contributed by atoms with Crippen molar-refractivity contribution in [3.63, 3.8) is 0 Å². The minimum absolute atomic E-state index is 0.147. The van der Waals surface area contributed by atoms with Gasteiger partial charge in [-0.2, -0.15) is 11.3 Å². The Hall–Kier alpha value is -1.36. The van der Waals surface area contributed by atoms with Crippen LogP contribution in [0.3, 0.4) is 0 Å². The zero-order valence-corrected chi connectivity index (χ0v) is 11.7. The van der Waals surface area contributed by atoms with Crippen molar-refractivity contribution in [1.82, 2.24) is 9.80 Å². The molecule has 1 unspecified atom stereocenters. The Bertz CT molecular complexity index is 472. The number of thiophene rings is 1. The lowest BCUT2D eigenvalue weighted by molar-refractivity contribution is -0.139. The third kappa shape index (κ3) is 2.52. The molecule has 2 amide bonds. The van der Waals surface area contributed by atoms with Crippen molar-refractivity contribution in [2.45, 2.75) is 31.7 Å². The molecule has 2 fully saturated rings. The predicted octanol–water partition coefficient (Wildman–Crippen LogP) is 1.51. The van der Waals surface area contributed by atoms with E-state index in [9.17, 15) is 9.59 Å². The molecular weight excluding hydrogens is 260 g/mol. The molecule has 0 N–H and O–H groups in total. The molecule has 0 bridgehead atoms. The Morgan fingerprint density at radius 1 is 1.32 bits per heavy atom. The molecule has 0 spiro atoms. The highest BCUT2D eigenvalue weighted by Crippen LogP contribution is 2.23. The van der Waals surface area contributed by atoms with E-state index in [-0.39, 0.29) is 17.9 Å². The summed E-state index contributed by atoms with van der Waals surface area (Å²) in [7, 11) is 0. The molecule has 0 aromatic carbocycles. The quantitative estimate of drug-likeness (QED) is 0.841. The molecule has 5 heteroatoms. The monoisotopic (exact) mass is 278 g/mol. The van der Waals surface area contributed by atoms with Gasteiger partial charge in [-0.3, -0.25) is 9.59 Å². The SMILES string of the molecule is O=C1C2CCCN2C(=O)CCN1CCc1ccsc1. The number of nitrogens with zero attached hydrogens (tertiary/aromatic N) is 2. The molecule has 4 nitrogen and oxygen atoms in total. The van der Waals surface area contributed by atoms with Crippen molar-refractivity contribution >= 4 is 23.2 Å². The van der Waals surface area contributed by atoms with Crippen molar-refractivity contribution in [2.75, 3.05) is 19.6 Å². The van der Waals surface area contributed by atoms with E-state index >= 15 is 0 Å². The van der Waals surface area contributed by atoms with Crippen LogP contribution in [-0.2, 0) is 16.0 Å². The van der Waals surface area contributed by atoms with E-state index in [1.807, 2.05) is 4.90 Å². The number of carbonyl (C=O) groups excluding carboxylic acids is 2. The fourth-order valence-corrected chi connectivity index (χ4v) is 3.64. The van der Waals surface area contributed by atoms with Gasteiger partial charge in [0.05, 0.1) is 0 Å². The van der Waals surface area contributed by atoms with Gasteiger partial charge in [-0.05, 0) is 41.7 Å². The summed E-state index contributed by atoms with van der Waals surface area (Å²) in [5.74, 6) is 0.299. The molecule has 2 saturated heterocycles.